The third-order valence-electron chi connectivity index (χ3n) is 5.32. The molecule has 2 atom stereocenters. The third kappa shape index (κ3) is 6.34. The van der Waals surface area contributed by atoms with Crippen molar-refractivity contribution in [1.29, 1.82) is 0 Å². The average Bonchev–Trinajstić information content (AvgIpc) is 3.26. The quantitative estimate of drug-likeness (QED) is 0.437. The minimum atomic E-state index is -0.569. The molecule has 0 radical (unpaired) electrons. The number of aromatic nitrogens is 1. The zero-order valence-corrected chi connectivity index (χ0v) is 19.2. The van der Waals surface area contributed by atoms with Gasteiger partial charge in [-0.05, 0) is 49.1 Å². The maximum Gasteiger partial charge on any atom is 0.308 e. The van der Waals surface area contributed by atoms with Crippen LogP contribution in [0.25, 0.3) is 11.1 Å². The standard InChI is InChI=1S/C25H27FN2O6/c1-4-33-25(31)15(2)11-19(27-24(30)22-14-23(29)28-34-22)12-16-5-7-17(8-6-16)20-13-18(26)9-10-21(20)32-3/h5-10,13-15,19H,4,11-12H2,1-3H3,(H,27,30)(H,28,29)/t15-,19-/m0/s1. The molecule has 34 heavy (non-hydrogen) atoms. The molecule has 0 aliphatic rings. The van der Waals surface area contributed by atoms with Crippen LogP contribution < -0.4 is 15.6 Å². The highest BCUT2D eigenvalue weighted by molar-refractivity contribution is 5.91. The number of ether oxygens (including phenoxy) is 2. The molecule has 1 aromatic heterocycles. The maximum absolute atomic E-state index is 13.8. The molecule has 0 bridgehead atoms. The van der Waals surface area contributed by atoms with Crippen LogP contribution in [-0.2, 0) is 16.0 Å². The number of aromatic amines is 1. The van der Waals surface area contributed by atoms with Gasteiger partial charge in [-0.2, -0.15) is 5.16 Å². The molecule has 8 nitrogen and oxygen atoms in total. The topological polar surface area (TPSA) is 111 Å². The summed E-state index contributed by atoms with van der Waals surface area (Å²) in [7, 11) is 1.52. The van der Waals surface area contributed by atoms with Crippen molar-refractivity contribution in [3.05, 3.63) is 76.0 Å². The molecular formula is C25H27FN2O6. The summed E-state index contributed by atoms with van der Waals surface area (Å²) in [6, 6.07) is 12.3. The van der Waals surface area contributed by atoms with Crippen molar-refractivity contribution in [2.24, 2.45) is 5.92 Å². The first-order valence-corrected chi connectivity index (χ1v) is 10.9. The Hall–Kier alpha value is -3.88. The second-order valence-electron chi connectivity index (χ2n) is 7.88. The van der Waals surface area contributed by atoms with Gasteiger partial charge >= 0.3 is 5.97 Å². The van der Waals surface area contributed by atoms with Gasteiger partial charge in [0.1, 0.15) is 11.6 Å². The fourth-order valence-corrected chi connectivity index (χ4v) is 3.66. The molecule has 0 aliphatic carbocycles. The fourth-order valence-electron chi connectivity index (χ4n) is 3.66. The van der Waals surface area contributed by atoms with Crippen LogP contribution in [0, 0.1) is 11.7 Å². The van der Waals surface area contributed by atoms with Gasteiger partial charge in [-0.15, -0.1) is 0 Å². The number of H-pyrrole nitrogens is 1. The van der Waals surface area contributed by atoms with Gasteiger partial charge in [0.2, 0.25) is 5.76 Å². The maximum atomic E-state index is 13.8. The summed E-state index contributed by atoms with van der Waals surface area (Å²) < 4.78 is 29.1. The lowest BCUT2D eigenvalue weighted by molar-refractivity contribution is -0.147. The molecule has 0 unspecified atom stereocenters. The number of rotatable bonds is 10. The van der Waals surface area contributed by atoms with E-state index >= 15 is 0 Å². The summed E-state index contributed by atoms with van der Waals surface area (Å²) in [5.41, 5.74) is 1.76. The summed E-state index contributed by atoms with van der Waals surface area (Å²) in [5, 5.41) is 4.91. The zero-order valence-electron chi connectivity index (χ0n) is 19.2. The number of amides is 1. The van der Waals surface area contributed by atoms with Crippen molar-refractivity contribution in [3.63, 3.8) is 0 Å². The van der Waals surface area contributed by atoms with Crippen LogP contribution in [0.15, 0.2) is 57.8 Å². The Labute approximate surface area is 196 Å². The molecule has 0 saturated carbocycles. The number of carbonyl (C=O) groups is 2. The Bertz CT molecular complexity index is 1180. The third-order valence-corrected chi connectivity index (χ3v) is 5.32. The van der Waals surface area contributed by atoms with Crippen LogP contribution in [0.2, 0.25) is 0 Å². The van der Waals surface area contributed by atoms with E-state index in [2.05, 4.69) is 10.5 Å². The van der Waals surface area contributed by atoms with E-state index in [1.807, 2.05) is 24.3 Å². The van der Waals surface area contributed by atoms with E-state index in [0.717, 1.165) is 17.2 Å². The van der Waals surface area contributed by atoms with Gasteiger partial charge in [0.15, 0.2) is 0 Å². The molecule has 1 amide bonds. The zero-order chi connectivity index (χ0) is 24.7. The summed E-state index contributed by atoms with van der Waals surface area (Å²) in [6.07, 6.45) is 0.726. The van der Waals surface area contributed by atoms with E-state index in [1.165, 1.54) is 19.2 Å². The van der Waals surface area contributed by atoms with Gasteiger partial charge in [-0.3, -0.25) is 14.4 Å². The summed E-state index contributed by atoms with van der Waals surface area (Å²) in [5.74, 6) is -1.35. The highest BCUT2D eigenvalue weighted by Crippen LogP contribution is 2.31. The van der Waals surface area contributed by atoms with Crippen LogP contribution in [0.3, 0.4) is 0 Å². The molecule has 0 saturated heterocycles. The number of methoxy groups -OCH3 is 1. The Balaban J connectivity index is 1.79. The summed E-state index contributed by atoms with van der Waals surface area (Å²) in [4.78, 5) is 36.0. The number of halogens is 1. The number of esters is 1. The first kappa shape index (κ1) is 24.8. The van der Waals surface area contributed by atoms with E-state index in [9.17, 15) is 18.8 Å². The second-order valence-corrected chi connectivity index (χ2v) is 7.88. The number of benzene rings is 2. The van der Waals surface area contributed by atoms with E-state index < -0.39 is 23.4 Å². The monoisotopic (exact) mass is 470 g/mol. The smallest absolute Gasteiger partial charge is 0.308 e. The predicted molar refractivity (Wildman–Crippen MR) is 123 cm³/mol. The molecule has 0 fully saturated rings. The number of hydrogen-bond acceptors (Lipinski definition) is 6. The minimum absolute atomic E-state index is 0.146. The highest BCUT2D eigenvalue weighted by Gasteiger charge is 2.23. The Morgan fingerprint density at radius 2 is 1.88 bits per heavy atom. The van der Waals surface area contributed by atoms with Crippen molar-refractivity contribution in [2.45, 2.75) is 32.7 Å². The van der Waals surface area contributed by atoms with Crippen molar-refractivity contribution >= 4 is 11.9 Å². The summed E-state index contributed by atoms with van der Waals surface area (Å²) >= 11 is 0. The molecule has 0 spiro atoms. The molecule has 3 rings (SSSR count). The lowest BCUT2D eigenvalue weighted by Crippen LogP contribution is -2.38. The van der Waals surface area contributed by atoms with Crippen LogP contribution in [0.5, 0.6) is 5.75 Å². The van der Waals surface area contributed by atoms with Crippen molar-refractivity contribution < 1.29 is 28.0 Å². The predicted octanol–water partition coefficient (Wildman–Crippen LogP) is 3.71. The van der Waals surface area contributed by atoms with E-state index in [4.69, 9.17) is 14.0 Å². The number of carbonyl (C=O) groups excluding carboxylic acids is 2. The minimum Gasteiger partial charge on any atom is -0.496 e. The van der Waals surface area contributed by atoms with Crippen LogP contribution >= 0.6 is 0 Å². The van der Waals surface area contributed by atoms with E-state index in [-0.39, 0.29) is 24.2 Å². The van der Waals surface area contributed by atoms with Gasteiger partial charge in [-0.1, -0.05) is 31.2 Å². The second kappa shape index (κ2) is 11.3. The molecular weight excluding hydrogens is 443 g/mol. The highest BCUT2D eigenvalue weighted by atomic mass is 19.1. The molecule has 9 heteroatoms. The van der Waals surface area contributed by atoms with Gasteiger partial charge in [-0.25, -0.2) is 4.39 Å². The average molecular weight is 470 g/mol. The van der Waals surface area contributed by atoms with Gasteiger partial charge in [0, 0.05) is 11.6 Å². The Morgan fingerprint density at radius 3 is 2.50 bits per heavy atom. The van der Waals surface area contributed by atoms with Crippen LogP contribution in [-0.4, -0.2) is 36.8 Å². The Morgan fingerprint density at radius 1 is 1.15 bits per heavy atom. The van der Waals surface area contributed by atoms with Gasteiger partial charge < -0.3 is 19.3 Å². The lowest BCUT2D eigenvalue weighted by atomic mass is 9.94. The number of nitrogens with one attached hydrogen (secondary N) is 2. The SMILES string of the molecule is CCOC(=O)[C@@H](C)C[C@@H](Cc1ccc(-c2cc(F)ccc2OC)cc1)NC(=O)c1cc(=O)[nH]o1. The van der Waals surface area contributed by atoms with E-state index in [1.54, 1.807) is 19.9 Å². The molecule has 1 heterocycles. The number of hydrogen-bond donors (Lipinski definition) is 2. The molecule has 0 aliphatic heterocycles. The lowest BCUT2D eigenvalue weighted by Gasteiger charge is -2.21. The van der Waals surface area contributed by atoms with Crippen molar-refractivity contribution in [3.8, 4) is 16.9 Å². The fraction of sp³-hybridized carbons (Fsp3) is 0.320. The molecule has 2 N–H and O–H groups in total. The molecule has 3 aromatic rings. The van der Waals surface area contributed by atoms with E-state index in [0.29, 0.717) is 24.2 Å². The van der Waals surface area contributed by atoms with Crippen LogP contribution in [0.1, 0.15) is 36.4 Å². The first-order valence-electron chi connectivity index (χ1n) is 10.9. The van der Waals surface area contributed by atoms with Gasteiger partial charge in [0.05, 0.1) is 25.7 Å². The van der Waals surface area contributed by atoms with Gasteiger partial charge in [0.25, 0.3) is 11.5 Å². The Kier molecular flexibility index (Phi) is 8.24. The van der Waals surface area contributed by atoms with Crippen molar-refractivity contribution in [2.75, 3.05) is 13.7 Å². The summed E-state index contributed by atoms with van der Waals surface area (Å²) in [6.45, 7) is 3.72. The molecule has 180 valence electrons. The molecule has 2 aromatic carbocycles. The van der Waals surface area contributed by atoms with Crippen LogP contribution in [0.4, 0.5) is 4.39 Å². The normalized spacial score (nSPS) is 12.6. The van der Waals surface area contributed by atoms with Crippen molar-refractivity contribution in [1.82, 2.24) is 10.5 Å². The largest absolute Gasteiger partial charge is 0.496 e. The first-order chi connectivity index (χ1) is 16.3.